The molecule has 1 saturated heterocycles. The lowest BCUT2D eigenvalue weighted by atomic mass is 10.1. The van der Waals surface area contributed by atoms with Crippen molar-refractivity contribution in [2.45, 2.75) is 25.3 Å². The van der Waals surface area contributed by atoms with E-state index in [9.17, 15) is 23.4 Å². The fraction of sp³-hybridized carbons (Fsp3) is 0.462. The maximum absolute atomic E-state index is 12.0. The Morgan fingerprint density at radius 1 is 1.25 bits per heavy atom. The summed E-state index contributed by atoms with van der Waals surface area (Å²) < 4.78 is 25.1. The van der Waals surface area contributed by atoms with Gasteiger partial charge in [0.05, 0.1) is 5.75 Å². The molecule has 0 bridgehead atoms. The molecule has 7 heteroatoms. The monoisotopic (exact) mass is 299 g/mol. The van der Waals surface area contributed by atoms with Gasteiger partial charge < -0.3 is 10.2 Å². The molecule has 6 nitrogen and oxygen atoms in total. The molecule has 110 valence electrons. The van der Waals surface area contributed by atoms with E-state index in [1.807, 2.05) is 0 Å². The number of aromatic hydroxyl groups is 1. The van der Waals surface area contributed by atoms with E-state index >= 15 is 0 Å². The fourth-order valence-electron chi connectivity index (χ4n) is 2.33. The first-order chi connectivity index (χ1) is 9.40. The van der Waals surface area contributed by atoms with Crippen LogP contribution in [-0.4, -0.2) is 47.2 Å². The van der Waals surface area contributed by atoms with Gasteiger partial charge in [-0.2, -0.15) is 4.31 Å². The van der Waals surface area contributed by atoms with Crippen LogP contribution in [0.3, 0.4) is 0 Å². The average Bonchev–Trinajstić information content (AvgIpc) is 2.38. The van der Waals surface area contributed by atoms with E-state index in [1.165, 1.54) is 12.1 Å². The summed E-state index contributed by atoms with van der Waals surface area (Å²) >= 11 is 0. The SMILES string of the molecule is O=C(O)C(Cc1ccc(O)cc1)N1CCCCS1(=O)=O. The number of benzene rings is 1. The summed E-state index contributed by atoms with van der Waals surface area (Å²) in [5.41, 5.74) is 0.677. The molecular weight excluding hydrogens is 282 g/mol. The van der Waals surface area contributed by atoms with Crippen molar-refractivity contribution in [2.75, 3.05) is 12.3 Å². The second-order valence-corrected chi connectivity index (χ2v) is 6.90. The zero-order valence-corrected chi connectivity index (χ0v) is 11.7. The Kier molecular flexibility index (Phi) is 4.29. The predicted octanol–water partition coefficient (Wildman–Crippen LogP) is 0.814. The molecule has 1 aliphatic heterocycles. The van der Waals surface area contributed by atoms with E-state index in [4.69, 9.17) is 0 Å². The van der Waals surface area contributed by atoms with Gasteiger partial charge in [0.2, 0.25) is 10.0 Å². The Balaban J connectivity index is 2.23. The van der Waals surface area contributed by atoms with Gasteiger partial charge in [-0.1, -0.05) is 12.1 Å². The summed E-state index contributed by atoms with van der Waals surface area (Å²) in [5.74, 6) is -1.05. The van der Waals surface area contributed by atoms with Gasteiger partial charge in [0, 0.05) is 6.54 Å². The van der Waals surface area contributed by atoms with E-state index in [-0.39, 0.29) is 24.5 Å². The number of rotatable bonds is 4. The highest BCUT2D eigenvalue weighted by molar-refractivity contribution is 7.89. The first-order valence-electron chi connectivity index (χ1n) is 6.40. The zero-order chi connectivity index (χ0) is 14.8. The van der Waals surface area contributed by atoms with Gasteiger partial charge in [-0.05, 0) is 37.0 Å². The van der Waals surface area contributed by atoms with Gasteiger partial charge in [-0.25, -0.2) is 8.42 Å². The van der Waals surface area contributed by atoms with E-state index in [0.29, 0.717) is 18.4 Å². The number of carbonyl (C=O) groups is 1. The summed E-state index contributed by atoms with van der Waals surface area (Å²) in [6.45, 7) is 0.247. The van der Waals surface area contributed by atoms with Crippen molar-refractivity contribution in [2.24, 2.45) is 0 Å². The molecule has 0 aromatic heterocycles. The van der Waals surface area contributed by atoms with Crippen LogP contribution in [0.5, 0.6) is 5.75 Å². The average molecular weight is 299 g/mol. The zero-order valence-electron chi connectivity index (χ0n) is 10.9. The van der Waals surface area contributed by atoms with Crippen molar-refractivity contribution in [1.29, 1.82) is 0 Å². The summed E-state index contributed by atoms with van der Waals surface area (Å²) in [6, 6.07) is 5.02. The summed E-state index contributed by atoms with van der Waals surface area (Å²) in [5, 5.41) is 18.5. The van der Waals surface area contributed by atoms with E-state index in [1.54, 1.807) is 12.1 Å². The lowest BCUT2D eigenvalue weighted by Crippen LogP contribution is -2.49. The molecule has 0 spiro atoms. The molecular formula is C13H17NO5S. The molecule has 2 rings (SSSR count). The summed E-state index contributed by atoms with van der Waals surface area (Å²) in [7, 11) is -3.49. The highest BCUT2D eigenvalue weighted by atomic mass is 32.2. The van der Waals surface area contributed by atoms with Crippen LogP contribution >= 0.6 is 0 Å². The lowest BCUT2D eigenvalue weighted by molar-refractivity contribution is -0.141. The molecule has 0 amide bonds. The fourth-order valence-corrected chi connectivity index (χ4v) is 4.09. The van der Waals surface area contributed by atoms with E-state index in [0.717, 1.165) is 4.31 Å². The van der Waals surface area contributed by atoms with Crippen LogP contribution < -0.4 is 0 Å². The molecule has 20 heavy (non-hydrogen) atoms. The van der Waals surface area contributed by atoms with E-state index in [2.05, 4.69) is 0 Å². The van der Waals surface area contributed by atoms with E-state index < -0.39 is 22.0 Å². The van der Waals surface area contributed by atoms with Crippen molar-refractivity contribution in [3.05, 3.63) is 29.8 Å². The Labute approximate surface area is 117 Å². The number of phenols is 1. The van der Waals surface area contributed by atoms with Crippen LogP contribution in [0.15, 0.2) is 24.3 Å². The number of phenolic OH excluding ortho intramolecular Hbond substituents is 1. The summed E-state index contributed by atoms with van der Waals surface area (Å²) in [4.78, 5) is 11.4. The topological polar surface area (TPSA) is 94.9 Å². The maximum atomic E-state index is 12.0. The van der Waals surface area contributed by atoms with Crippen LogP contribution in [0.2, 0.25) is 0 Å². The van der Waals surface area contributed by atoms with Gasteiger partial charge in [0.1, 0.15) is 11.8 Å². The largest absolute Gasteiger partial charge is 0.508 e. The van der Waals surface area contributed by atoms with Crippen molar-refractivity contribution in [3.8, 4) is 5.75 Å². The van der Waals surface area contributed by atoms with Crippen molar-refractivity contribution in [1.82, 2.24) is 4.31 Å². The molecule has 1 fully saturated rings. The van der Waals surface area contributed by atoms with Crippen molar-refractivity contribution < 1.29 is 23.4 Å². The molecule has 1 aromatic carbocycles. The Bertz CT molecular complexity index is 581. The third kappa shape index (κ3) is 3.29. The number of sulfonamides is 1. The number of carboxylic acids is 1. The molecule has 2 N–H and O–H groups in total. The van der Waals surface area contributed by atoms with Crippen LogP contribution in [0.1, 0.15) is 18.4 Å². The van der Waals surface area contributed by atoms with Crippen molar-refractivity contribution in [3.63, 3.8) is 0 Å². The van der Waals surface area contributed by atoms with Gasteiger partial charge in [0.15, 0.2) is 0 Å². The first kappa shape index (κ1) is 14.8. The Morgan fingerprint density at radius 3 is 2.45 bits per heavy atom. The van der Waals surface area contributed by atoms with Crippen LogP contribution in [0.4, 0.5) is 0 Å². The number of carboxylic acid groups (broad SMARTS) is 1. The molecule has 1 aliphatic rings. The second kappa shape index (κ2) is 5.80. The number of aliphatic carboxylic acids is 1. The smallest absolute Gasteiger partial charge is 0.322 e. The molecule has 1 unspecified atom stereocenters. The molecule has 0 aliphatic carbocycles. The van der Waals surface area contributed by atoms with Gasteiger partial charge in [-0.15, -0.1) is 0 Å². The first-order valence-corrected chi connectivity index (χ1v) is 8.01. The predicted molar refractivity (Wildman–Crippen MR) is 73.0 cm³/mol. The molecule has 1 atom stereocenters. The second-order valence-electron chi connectivity index (χ2n) is 4.86. The molecule has 0 saturated carbocycles. The standard InChI is InChI=1S/C13H17NO5S/c15-11-5-3-10(4-6-11)9-12(13(16)17)14-7-1-2-8-20(14,18)19/h3-6,12,15H,1-2,7-9H2,(H,16,17). The third-order valence-electron chi connectivity index (χ3n) is 3.39. The normalized spacial score (nSPS) is 20.4. The lowest BCUT2D eigenvalue weighted by Gasteiger charge is -2.31. The molecule has 1 heterocycles. The maximum Gasteiger partial charge on any atom is 0.322 e. The third-order valence-corrected chi connectivity index (χ3v) is 5.34. The van der Waals surface area contributed by atoms with Gasteiger partial charge in [0.25, 0.3) is 0 Å². The van der Waals surface area contributed by atoms with Gasteiger partial charge >= 0.3 is 5.97 Å². The summed E-state index contributed by atoms with van der Waals surface area (Å²) in [6.07, 6.45) is 1.35. The highest BCUT2D eigenvalue weighted by Gasteiger charge is 2.36. The van der Waals surface area contributed by atoms with Crippen LogP contribution in [-0.2, 0) is 21.2 Å². The number of hydrogen-bond donors (Lipinski definition) is 2. The number of nitrogens with zero attached hydrogens (tertiary/aromatic N) is 1. The minimum Gasteiger partial charge on any atom is -0.508 e. The number of hydrogen-bond acceptors (Lipinski definition) is 4. The Hall–Kier alpha value is -1.60. The highest BCUT2D eigenvalue weighted by Crippen LogP contribution is 2.21. The Morgan fingerprint density at radius 2 is 1.90 bits per heavy atom. The molecule has 1 aromatic rings. The van der Waals surface area contributed by atoms with Crippen LogP contribution in [0.25, 0.3) is 0 Å². The minimum atomic E-state index is -3.49. The quantitative estimate of drug-likeness (QED) is 0.858. The molecule has 0 radical (unpaired) electrons. The van der Waals surface area contributed by atoms with Crippen LogP contribution in [0, 0.1) is 0 Å². The van der Waals surface area contributed by atoms with Crippen molar-refractivity contribution >= 4 is 16.0 Å². The minimum absolute atomic E-state index is 0.00631. The van der Waals surface area contributed by atoms with Gasteiger partial charge in [-0.3, -0.25) is 4.79 Å².